The van der Waals surface area contributed by atoms with Crippen LogP contribution in [0.2, 0.25) is 0 Å². The largest absolute Gasteiger partial charge is 0.376 e. The highest BCUT2D eigenvalue weighted by molar-refractivity contribution is 6.00. The average molecular weight is 289 g/mol. The van der Waals surface area contributed by atoms with Crippen molar-refractivity contribution in [2.45, 2.75) is 46.3 Å². The fourth-order valence-electron chi connectivity index (χ4n) is 3.04. The van der Waals surface area contributed by atoms with E-state index in [0.29, 0.717) is 6.04 Å². The Bertz CT molecular complexity index is 469. The predicted molar refractivity (Wildman–Crippen MR) is 85.6 cm³/mol. The maximum Gasteiger partial charge on any atom is 0.169 e. The van der Waals surface area contributed by atoms with Crippen molar-refractivity contribution in [1.29, 1.82) is 0 Å². The van der Waals surface area contributed by atoms with Gasteiger partial charge in [0.2, 0.25) is 0 Å². The van der Waals surface area contributed by atoms with Crippen molar-refractivity contribution in [2.75, 3.05) is 19.7 Å². The molecule has 21 heavy (non-hydrogen) atoms. The summed E-state index contributed by atoms with van der Waals surface area (Å²) in [5, 5.41) is 0. The van der Waals surface area contributed by atoms with Gasteiger partial charge in [0.25, 0.3) is 0 Å². The Morgan fingerprint density at radius 3 is 2.62 bits per heavy atom. The number of nitrogens with zero attached hydrogens (tertiary/aromatic N) is 1. The van der Waals surface area contributed by atoms with Gasteiger partial charge in [-0.05, 0) is 13.3 Å². The van der Waals surface area contributed by atoms with Gasteiger partial charge in [-0.1, -0.05) is 51.1 Å². The van der Waals surface area contributed by atoms with Crippen LogP contribution in [0.4, 0.5) is 0 Å². The number of morpholine rings is 1. The number of hydrogen-bond acceptors (Lipinski definition) is 3. The first-order valence-corrected chi connectivity index (χ1v) is 7.89. The van der Waals surface area contributed by atoms with Crippen molar-refractivity contribution in [1.82, 2.24) is 4.90 Å². The van der Waals surface area contributed by atoms with E-state index < -0.39 is 0 Å². The zero-order valence-corrected chi connectivity index (χ0v) is 13.6. The van der Waals surface area contributed by atoms with E-state index in [0.717, 1.165) is 31.7 Å². The van der Waals surface area contributed by atoms with Gasteiger partial charge in [-0.15, -0.1) is 0 Å². The van der Waals surface area contributed by atoms with Crippen molar-refractivity contribution < 1.29 is 9.53 Å². The molecule has 2 rings (SSSR count). The molecule has 1 aliphatic rings. The fourth-order valence-corrected chi connectivity index (χ4v) is 3.04. The predicted octanol–water partition coefficient (Wildman–Crippen LogP) is 3.39. The first-order chi connectivity index (χ1) is 9.94. The molecule has 116 valence electrons. The highest BCUT2D eigenvalue weighted by atomic mass is 16.5. The lowest BCUT2D eigenvalue weighted by Crippen LogP contribution is -2.52. The second kappa shape index (κ2) is 6.71. The SMILES string of the molecule is CCC1COC(C)CN1CC(C)(C)C(=O)c1ccccc1. The molecule has 3 nitrogen and oxygen atoms in total. The molecular weight excluding hydrogens is 262 g/mol. The third kappa shape index (κ3) is 3.92. The first-order valence-electron chi connectivity index (χ1n) is 7.89. The van der Waals surface area contributed by atoms with Crippen LogP contribution in [0.3, 0.4) is 0 Å². The molecule has 0 radical (unpaired) electrons. The summed E-state index contributed by atoms with van der Waals surface area (Å²) in [4.78, 5) is 15.2. The molecule has 0 amide bonds. The van der Waals surface area contributed by atoms with E-state index in [9.17, 15) is 4.79 Å². The summed E-state index contributed by atoms with van der Waals surface area (Å²) in [6, 6.07) is 10.0. The Balaban J connectivity index is 2.10. The Morgan fingerprint density at radius 2 is 2.00 bits per heavy atom. The normalized spacial score (nSPS) is 24.0. The highest BCUT2D eigenvalue weighted by Crippen LogP contribution is 2.26. The number of benzene rings is 1. The van der Waals surface area contributed by atoms with Crippen molar-refractivity contribution in [3.05, 3.63) is 35.9 Å². The summed E-state index contributed by atoms with van der Waals surface area (Å²) >= 11 is 0. The highest BCUT2D eigenvalue weighted by Gasteiger charge is 2.35. The summed E-state index contributed by atoms with van der Waals surface area (Å²) < 4.78 is 5.74. The number of Topliss-reactive ketones (excluding diaryl/α,β-unsaturated/α-hetero) is 1. The van der Waals surface area contributed by atoms with Crippen LogP contribution in [-0.2, 0) is 4.74 Å². The van der Waals surface area contributed by atoms with Crippen molar-refractivity contribution in [2.24, 2.45) is 5.41 Å². The lowest BCUT2D eigenvalue weighted by atomic mass is 9.83. The van der Waals surface area contributed by atoms with Gasteiger partial charge in [-0.25, -0.2) is 0 Å². The Morgan fingerprint density at radius 1 is 1.33 bits per heavy atom. The number of carbonyl (C=O) groups is 1. The molecule has 1 aliphatic heterocycles. The standard InChI is InChI=1S/C18H27NO2/c1-5-16-12-21-14(2)11-19(16)13-18(3,4)17(20)15-9-7-6-8-10-15/h6-10,14,16H,5,11-13H2,1-4H3. The zero-order chi connectivity index (χ0) is 15.5. The molecular formula is C18H27NO2. The third-order valence-electron chi connectivity index (χ3n) is 4.30. The molecule has 1 fully saturated rings. The summed E-state index contributed by atoms with van der Waals surface area (Å²) in [5.41, 5.74) is 0.420. The molecule has 1 aromatic rings. The molecule has 0 N–H and O–H groups in total. The van der Waals surface area contributed by atoms with E-state index in [1.54, 1.807) is 0 Å². The Labute approximate surface area is 128 Å². The van der Waals surface area contributed by atoms with E-state index >= 15 is 0 Å². The van der Waals surface area contributed by atoms with Crippen LogP contribution in [0, 0.1) is 5.41 Å². The van der Waals surface area contributed by atoms with E-state index in [2.05, 4.69) is 32.6 Å². The maximum atomic E-state index is 12.8. The first kappa shape index (κ1) is 16.2. The van der Waals surface area contributed by atoms with E-state index in [4.69, 9.17) is 4.74 Å². The molecule has 1 aromatic carbocycles. The minimum absolute atomic E-state index is 0.220. The van der Waals surface area contributed by atoms with Gasteiger partial charge in [0.05, 0.1) is 12.7 Å². The minimum Gasteiger partial charge on any atom is -0.376 e. The van der Waals surface area contributed by atoms with Gasteiger partial charge >= 0.3 is 0 Å². The quantitative estimate of drug-likeness (QED) is 0.778. The monoisotopic (exact) mass is 289 g/mol. The number of carbonyl (C=O) groups excluding carboxylic acids is 1. The molecule has 1 saturated heterocycles. The number of ketones is 1. The van der Waals surface area contributed by atoms with E-state index in [1.807, 2.05) is 30.3 Å². The molecule has 0 bridgehead atoms. The summed E-state index contributed by atoms with van der Waals surface area (Å²) in [7, 11) is 0. The number of ether oxygens (including phenoxy) is 1. The summed E-state index contributed by atoms with van der Waals surface area (Å²) in [6.07, 6.45) is 1.30. The van der Waals surface area contributed by atoms with Gasteiger partial charge in [-0.2, -0.15) is 0 Å². The van der Waals surface area contributed by atoms with Crippen LogP contribution in [0.15, 0.2) is 30.3 Å². The zero-order valence-electron chi connectivity index (χ0n) is 13.6. The third-order valence-corrected chi connectivity index (χ3v) is 4.30. The van der Waals surface area contributed by atoms with Crippen molar-refractivity contribution in [3.63, 3.8) is 0 Å². The number of hydrogen-bond donors (Lipinski definition) is 0. The van der Waals surface area contributed by atoms with Crippen LogP contribution in [0.5, 0.6) is 0 Å². The smallest absolute Gasteiger partial charge is 0.169 e. The fraction of sp³-hybridized carbons (Fsp3) is 0.611. The average Bonchev–Trinajstić information content (AvgIpc) is 2.47. The lowest BCUT2D eigenvalue weighted by Gasteiger charge is -2.42. The van der Waals surface area contributed by atoms with Gasteiger partial charge in [0.1, 0.15) is 0 Å². The molecule has 0 aromatic heterocycles. The summed E-state index contributed by atoms with van der Waals surface area (Å²) in [5.74, 6) is 0.220. The van der Waals surface area contributed by atoms with Crippen LogP contribution in [-0.4, -0.2) is 42.5 Å². The molecule has 0 spiro atoms. The number of rotatable bonds is 5. The van der Waals surface area contributed by atoms with Gasteiger partial charge in [0, 0.05) is 30.1 Å². The van der Waals surface area contributed by atoms with Gasteiger partial charge < -0.3 is 4.74 Å². The van der Waals surface area contributed by atoms with Gasteiger partial charge in [-0.3, -0.25) is 9.69 Å². The molecule has 0 saturated carbocycles. The Hall–Kier alpha value is -1.19. The molecule has 2 unspecified atom stereocenters. The molecule has 1 heterocycles. The van der Waals surface area contributed by atoms with E-state index in [1.165, 1.54) is 0 Å². The topological polar surface area (TPSA) is 29.5 Å². The van der Waals surface area contributed by atoms with Crippen molar-refractivity contribution in [3.8, 4) is 0 Å². The van der Waals surface area contributed by atoms with Crippen LogP contribution in [0.1, 0.15) is 44.5 Å². The van der Waals surface area contributed by atoms with Crippen LogP contribution >= 0.6 is 0 Å². The maximum absolute atomic E-state index is 12.8. The second-order valence-corrected chi connectivity index (χ2v) is 6.71. The van der Waals surface area contributed by atoms with E-state index in [-0.39, 0.29) is 17.3 Å². The summed E-state index contributed by atoms with van der Waals surface area (Å²) in [6.45, 7) is 10.8. The van der Waals surface area contributed by atoms with Crippen LogP contribution in [0.25, 0.3) is 0 Å². The van der Waals surface area contributed by atoms with Crippen molar-refractivity contribution >= 4 is 5.78 Å². The van der Waals surface area contributed by atoms with Gasteiger partial charge in [0.15, 0.2) is 5.78 Å². The molecule has 0 aliphatic carbocycles. The molecule has 3 heteroatoms. The second-order valence-electron chi connectivity index (χ2n) is 6.71. The Kier molecular flexibility index (Phi) is 5.17. The van der Waals surface area contributed by atoms with Crippen LogP contribution < -0.4 is 0 Å². The minimum atomic E-state index is -0.383. The lowest BCUT2D eigenvalue weighted by molar-refractivity contribution is -0.0640. The molecule has 2 atom stereocenters.